The summed E-state index contributed by atoms with van der Waals surface area (Å²) in [6.07, 6.45) is 2.17. The molecule has 0 aromatic heterocycles. The van der Waals surface area contributed by atoms with Crippen LogP contribution in [0.25, 0.3) is 0 Å². The second kappa shape index (κ2) is 9.89. The summed E-state index contributed by atoms with van der Waals surface area (Å²) in [5.74, 6) is 0.0785. The van der Waals surface area contributed by atoms with Crippen molar-refractivity contribution < 1.29 is 9.53 Å². The first-order chi connectivity index (χ1) is 11.6. The Hall–Kier alpha value is -2.13. The van der Waals surface area contributed by atoms with Crippen molar-refractivity contribution in [2.75, 3.05) is 13.2 Å². The number of aryl methyl sites for hydroxylation is 1. The summed E-state index contributed by atoms with van der Waals surface area (Å²) in [4.78, 5) is 12.0. The van der Waals surface area contributed by atoms with Crippen LogP contribution < -0.4 is 5.32 Å². The fourth-order valence-electron chi connectivity index (χ4n) is 2.52. The van der Waals surface area contributed by atoms with Crippen molar-refractivity contribution in [1.82, 2.24) is 5.32 Å². The first kappa shape index (κ1) is 18.2. The van der Waals surface area contributed by atoms with Crippen LogP contribution in [-0.2, 0) is 16.0 Å². The molecule has 3 nitrogen and oxygen atoms in total. The van der Waals surface area contributed by atoms with E-state index in [1.54, 1.807) is 0 Å². The third kappa shape index (κ3) is 6.55. The molecule has 0 bridgehead atoms. The number of carbonyl (C=O) groups is 1. The predicted molar refractivity (Wildman–Crippen MR) is 97.9 cm³/mol. The van der Waals surface area contributed by atoms with Crippen molar-refractivity contribution >= 4 is 5.91 Å². The topological polar surface area (TPSA) is 38.3 Å². The van der Waals surface area contributed by atoms with Gasteiger partial charge in [-0.3, -0.25) is 4.79 Å². The molecule has 3 heteroatoms. The molecule has 0 saturated carbocycles. The summed E-state index contributed by atoms with van der Waals surface area (Å²) in [6.45, 7) is 5.40. The quantitative estimate of drug-likeness (QED) is 0.701. The van der Waals surface area contributed by atoms with E-state index in [2.05, 4.69) is 48.6 Å². The van der Waals surface area contributed by atoms with Crippen molar-refractivity contribution in [3.05, 3.63) is 71.3 Å². The maximum atomic E-state index is 12.0. The molecule has 0 spiro atoms. The number of benzene rings is 2. The molecule has 1 unspecified atom stereocenters. The Balaban J connectivity index is 1.57. The van der Waals surface area contributed by atoms with Gasteiger partial charge in [0.2, 0.25) is 5.91 Å². The van der Waals surface area contributed by atoms with E-state index < -0.39 is 0 Å². The number of hydrogen-bond acceptors (Lipinski definition) is 2. The van der Waals surface area contributed by atoms with Crippen LogP contribution in [0.1, 0.15) is 42.5 Å². The van der Waals surface area contributed by atoms with Gasteiger partial charge < -0.3 is 10.1 Å². The van der Waals surface area contributed by atoms with Gasteiger partial charge in [0.15, 0.2) is 0 Å². The third-order valence-electron chi connectivity index (χ3n) is 4.03. The lowest BCUT2D eigenvalue weighted by Crippen LogP contribution is -2.26. The van der Waals surface area contributed by atoms with E-state index in [0.29, 0.717) is 19.6 Å². The minimum Gasteiger partial charge on any atom is -0.381 e. The van der Waals surface area contributed by atoms with Gasteiger partial charge in [-0.25, -0.2) is 0 Å². The summed E-state index contributed by atoms with van der Waals surface area (Å²) in [5.41, 5.74) is 3.64. The molecule has 1 atom stereocenters. The van der Waals surface area contributed by atoms with Crippen molar-refractivity contribution in [2.45, 2.75) is 39.2 Å². The zero-order valence-corrected chi connectivity index (χ0v) is 14.6. The monoisotopic (exact) mass is 325 g/mol. The van der Waals surface area contributed by atoms with E-state index >= 15 is 0 Å². The van der Waals surface area contributed by atoms with Crippen LogP contribution in [0.3, 0.4) is 0 Å². The van der Waals surface area contributed by atoms with Gasteiger partial charge in [0.1, 0.15) is 0 Å². The Labute approximate surface area is 145 Å². The van der Waals surface area contributed by atoms with Gasteiger partial charge >= 0.3 is 0 Å². The summed E-state index contributed by atoms with van der Waals surface area (Å²) in [6, 6.07) is 18.6. The zero-order valence-electron chi connectivity index (χ0n) is 14.6. The van der Waals surface area contributed by atoms with Crippen molar-refractivity contribution in [2.24, 2.45) is 0 Å². The van der Waals surface area contributed by atoms with E-state index in [1.807, 2.05) is 25.1 Å². The Kier molecular flexibility index (Phi) is 7.50. The molecule has 0 radical (unpaired) electrons. The molecule has 1 amide bonds. The molecule has 2 aromatic rings. The maximum absolute atomic E-state index is 12.0. The van der Waals surface area contributed by atoms with E-state index in [-0.39, 0.29) is 11.9 Å². The number of ether oxygens (including phenoxy) is 1. The number of amides is 1. The predicted octanol–water partition coefficient (Wildman–Crippen LogP) is 4.21. The van der Waals surface area contributed by atoms with Gasteiger partial charge in [0.05, 0.1) is 12.6 Å². The normalized spacial score (nSPS) is 11.9. The molecule has 0 saturated heterocycles. The molecule has 2 aromatic carbocycles. The lowest BCUT2D eigenvalue weighted by Gasteiger charge is -2.14. The molecule has 0 aliphatic heterocycles. The third-order valence-corrected chi connectivity index (χ3v) is 4.03. The van der Waals surface area contributed by atoms with Crippen molar-refractivity contribution in [3.8, 4) is 0 Å². The van der Waals surface area contributed by atoms with Crippen molar-refractivity contribution in [1.29, 1.82) is 0 Å². The van der Waals surface area contributed by atoms with Crippen LogP contribution >= 0.6 is 0 Å². The number of hydrogen-bond donors (Lipinski definition) is 1. The van der Waals surface area contributed by atoms with Gasteiger partial charge in [-0.2, -0.15) is 0 Å². The van der Waals surface area contributed by atoms with E-state index in [9.17, 15) is 4.79 Å². The number of rotatable bonds is 9. The molecule has 24 heavy (non-hydrogen) atoms. The second-order valence-corrected chi connectivity index (χ2v) is 6.15. The summed E-state index contributed by atoms with van der Waals surface area (Å²) in [5, 5.41) is 3.04. The maximum Gasteiger partial charge on any atom is 0.220 e. The van der Waals surface area contributed by atoms with Crippen LogP contribution in [0.5, 0.6) is 0 Å². The molecular formula is C21H27NO2. The van der Waals surface area contributed by atoms with E-state index in [4.69, 9.17) is 4.74 Å². The summed E-state index contributed by atoms with van der Waals surface area (Å²) in [7, 11) is 0. The largest absolute Gasteiger partial charge is 0.381 e. The highest BCUT2D eigenvalue weighted by Gasteiger charge is 2.09. The first-order valence-electron chi connectivity index (χ1n) is 8.63. The van der Waals surface area contributed by atoms with E-state index in [1.165, 1.54) is 11.1 Å². The fourth-order valence-corrected chi connectivity index (χ4v) is 2.52. The molecule has 128 valence electrons. The lowest BCUT2D eigenvalue weighted by molar-refractivity contribution is -0.122. The SMILES string of the molecule is Cc1ccc(C(C)NC(=O)CCCOCCc2ccccc2)cc1. The van der Waals surface area contributed by atoms with Gasteiger partial charge in [0, 0.05) is 13.0 Å². The molecule has 0 aliphatic rings. The average molecular weight is 325 g/mol. The van der Waals surface area contributed by atoms with Gasteiger partial charge in [-0.1, -0.05) is 60.2 Å². The molecule has 0 fully saturated rings. The second-order valence-electron chi connectivity index (χ2n) is 6.15. The highest BCUT2D eigenvalue weighted by atomic mass is 16.5. The Morgan fingerprint density at radius 1 is 1.04 bits per heavy atom. The average Bonchev–Trinajstić information content (AvgIpc) is 2.59. The van der Waals surface area contributed by atoms with Gasteiger partial charge in [-0.05, 0) is 37.8 Å². The first-order valence-corrected chi connectivity index (χ1v) is 8.63. The minimum absolute atomic E-state index is 0.0390. The molecule has 0 aliphatic carbocycles. The smallest absolute Gasteiger partial charge is 0.220 e. The summed E-state index contributed by atoms with van der Waals surface area (Å²) < 4.78 is 5.61. The van der Waals surface area contributed by atoms with Crippen LogP contribution in [0.2, 0.25) is 0 Å². The highest BCUT2D eigenvalue weighted by Crippen LogP contribution is 2.13. The Bertz CT molecular complexity index is 607. The van der Waals surface area contributed by atoms with Crippen LogP contribution in [0.4, 0.5) is 0 Å². The number of nitrogens with one attached hydrogen (secondary N) is 1. The molecular weight excluding hydrogens is 298 g/mol. The standard InChI is InChI=1S/C21H27NO2/c1-17-10-12-20(13-11-17)18(2)22-21(23)9-6-15-24-16-14-19-7-4-3-5-8-19/h3-5,7-8,10-13,18H,6,9,14-16H2,1-2H3,(H,22,23). The Morgan fingerprint density at radius 3 is 2.46 bits per heavy atom. The van der Waals surface area contributed by atoms with Crippen LogP contribution in [-0.4, -0.2) is 19.1 Å². The molecule has 2 rings (SSSR count). The molecule has 1 N–H and O–H groups in total. The summed E-state index contributed by atoms with van der Waals surface area (Å²) >= 11 is 0. The van der Waals surface area contributed by atoms with Crippen molar-refractivity contribution in [3.63, 3.8) is 0 Å². The van der Waals surface area contributed by atoms with Gasteiger partial charge in [0.25, 0.3) is 0 Å². The van der Waals surface area contributed by atoms with Crippen LogP contribution in [0, 0.1) is 6.92 Å². The van der Waals surface area contributed by atoms with Crippen LogP contribution in [0.15, 0.2) is 54.6 Å². The molecule has 0 heterocycles. The fraction of sp³-hybridized carbons (Fsp3) is 0.381. The van der Waals surface area contributed by atoms with Gasteiger partial charge in [-0.15, -0.1) is 0 Å². The number of carbonyl (C=O) groups excluding carboxylic acids is 1. The zero-order chi connectivity index (χ0) is 17.2. The van der Waals surface area contributed by atoms with E-state index in [0.717, 1.165) is 18.4 Å². The Morgan fingerprint density at radius 2 is 1.75 bits per heavy atom. The highest BCUT2D eigenvalue weighted by molar-refractivity contribution is 5.76. The minimum atomic E-state index is 0.0390. The lowest BCUT2D eigenvalue weighted by atomic mass is 10.1.